The van der Waals surface area contributed by atoms with E-state index in [2.05, 4.69) is 52.5 Å². The molecule has 0 aliphatic carbocycles. The number of benzene rings is 3. The average Bonchev–Trinajstić information content (AvgIpc) is 3.04. The minimum Gasteiger partial charge on any atom is -0.497 e. The Hall–Kier alpha value is -4.76. The monoisotopic (exact) mass is 578 g/mol. The fourth-order valence-electron chi connectivity index (χ4n) is 7.25. The molecule has 5 atom stereocenters. The zero-order chi connectivity index (χ0) is 30.0. The molecule has 43 heavy (non-hydrogen) atoms. The minimum absolute atomic E-state index is 0.0313. The molecular formula is C34H36N5O4+. The van der Waals surface area contributed by atoms with Crippen LogP contribution in [0, 0.1) is 22.0 Å². The van der Waals surface area contributed by atoms with E-state index in [9.17, 15) is 14.9 Å². The number of nitrogens with zero attached hydrogens (tertiary/aromatic N) is 3. The number of methoxy groups -OCH3 is 1. The topological polar surface area (TPSA) is 106 Å². The summed E-state index contributed by atoms with van der Waals surface area (Å²) < 4.78 is 6.42. The van der Waals surface area contributed by atoms with E-state index in [0.717, 1.165) is 59.2 Å². The molecule has 3 aliphatic rings. The average molecular weight is 579 g/mol. The number of rotatable bonds is 9. The van der Waals surface area contributed by atoms with Gasteiger partial charge in [0.25, 0.3) is 5.69 Å². The van der Waals surface area contributed by atoms with Crippen LogP contribution in [0.4, 0.5) is 16.2 Å². The number of piperidine rings is 3. The minimum atomic E-state index is -0.457. The zero-order valence-corrected chi connectivity index (χ0v) is 24.2. The first-order chi connectivity index (χ1) is 20.9. The third-order valence-corrected chi connectivity index (χ3v) is 9.34. The normalized spacial score (nSPS) is 23.3. The molecule has 3 saturated heterocycles. The van der Waals surface area contributed by atoms with Crippen molar-refractivity contribution in [2.75, 3.05) is 25.5 Å². The Morgan fingerprint density at radius 2 is 1.95 bits per heavy atom. The van der Waals surface area contributed by atoms with Gasteiger partial charge < -0.3 is 19.9 Å². The van der Waals surface area contributed by atoms with Crippen LogP contribution in [0.1, 0.15) is 30.0 Å². The Bertz CT molecular complexity index is 1640. The molecule has 7 rings (SSSR count). The van der Waals surface area contributed by atoms with E-state index in [-0.39, 0.29) is 23.8 Å². The summed E-state index contributed by atoms with van der Waals surface area (Å²) in [7, 11) is 1.64. The Balaban J connectivity index is 1.42. The zero-order valence-electron chi connectivity index (χ0n) is 24.2. The summed E-state index contributed by atoms with van der Waals surface area (Å²) in [6.45, 7) is 7.02. The van der Waals surface area contributed by atoms with Crippen molar-refractivity contribution in [1.29, 1.82) is 0 Å². The second-order valence-corrected chi connectivity index (χ2v) is 11.7. The highest BCUT2D eigenvalue weighted by Gasteiger charge is 2.54. The van der Waals surface area contributed by atoms with Crippen LogP contribution in [0.25, 0.3) is 10.9 Å². The maximum Gasteiger partial charge on any atom is 0.319 e. The van der Waals surface area contributed by atoms with Gasteiger partial charge in [0.2, 0.25) is 0 Å². The van der Waals surface area contributed by atoms with Gasteiger partial charge in [0.05, 0.1) is 30.6 Å². The van der Waals surface area contributed by atoms with E-state index in [1.54, 1.807) is 25.4 Å². The Labute approximate surface area is 250 Å². The number of fused-ring (bicyclic) bond motifs is 4. The summed E-state index contributed by atoms with van der Waals surface area (Å²) in [5.74, 6) is 1.63. The van der Waals surface area contributed by atoms with Crippen molar-refractivity contribution in [3.05, 3.63) is 119 Å². The standard InChI is InChI=1S/C34H35N5O4/c1-3-24-22-39(21-23-7-5-4-6-8-23)18-16-25(24)19-32(39)33(29-15-17-35-31-14-13-28(43-2)20-30(29)31)37-34(40)36-26-9-11-27(12-10-26)38(41)42/h3-15,17,20,24-25,32-33H,1,16,18-19,21-22H2,2H3,(H-,36,37,40)/p+1/t24-,25-,32+,33-,39+/m0/s1. The van der Waals surface area contributed by atoms with E-state index >= 15 is 0 Å². The molecule has 0 spiro atoms. The predicted molar refractivity (Wildman–Crippen MR) is 167 cm³/mol. The fraction of sp³-hybridized carbons (Fsp3) is 0.294. The van der Waals surface area contributed by atoms with E-state index in [1.165, 1.54) is 17.7 Å². The van der Waals surface area contributed by atoms with Gasteiger partial charge in [-0.2, -0.15) is 0 Å². The first-order valence-corrected chi connectivity index (χ1v) is 14.7. The summed E-state index contributed by atoms with van der Waals surface area (Å²) >= 11 is 0. The number of aromatic nitrogens is 1. The SMILES string of the molecule is C=C[C@H]1C[N@+]2(Cc3ccccc3)CC[C@H]1C[C@@H]2[C@@H](NC(=O)Nc1ccc([N+](=O)[O-])cc1)c1ccnc2ccc(OC)cc12. The molecule has 9 nitrogen and oxygen atoms in total. The van der Waals surface area contributed by atoms with Gasteiger partial charge in [0.15, 0.2) is 0 Å². The molecule has 0 radical (unpaired) electrons. The Kier molecular flexibility index (Phi) is 7.82. The fourth-order valence-corrected chi connectivity index (χ4v) is 7.25. The first kappa shape index (κ1) is 28.4. The maximum absolute atomic E-state index is 13.7. The van der Waals surface area contributed by atoms with Gasteiger partial charge in [0.1, 0.15) is 24.4 Å². The molecule has 2 amide bonds. The number of hydrogen-bond donors (Lipinski definition) is 2. The Morgan fingerprint density at radius 3 is 2.67 bits per heavy atom. The quantitative estimate of drug-likeness (QED) is 0.100. The summed E-state index contributed by atoms with van der Waals surface area (Å²) in [6.07, 6.45) is 5.98. The van der Waals surface area contributed by atoms with Crippen molar-refractivity contribution in [3.8, 4) is 5.75 Å². The number of nitro benzene ring substituents is 1. The smallest absolute Gasteiger partial charge is 0.319 e. The first-order valence-electron chi connectivity index (χ1n) is 14.7. The van der Waals surface area contributed by atoms with Crippen molar-refractivity contribution < 1.29 is 18.9 Å². The van der Waals surface area contributed by atoms with Gasteiger partial charge in [-0.3, -0.25) is 15.1 Å². The third kappa shape index (κ3) is 5.68. The number of nitro groups is 1. The second kappa shape index (κ2) is 11.9. The summed E-state index contributed by atoms with van der Waals surface area (Å²) in [5, 5.41) is 18.3. The van der Waals surface area contributed by atoms with Crippen molar-refractivity contribution in [3.63, 3.8) is 0 Å². The van der Waals surface area contributed by atoms with Gasteiger partial charge in [-0.05, 0) is 47.9 Å². The van der Waals surface area contributed by atoms with E-state index in [4.69, 9.17) is 4.74 Å². The summed E-state index contributed by atoms with van der Waals surface area (Å²) in [4.78, 5) is 29.0. The largest absolute Gasteiger partial charge is 0.497 e. The molecule has 9 heteroatoms. The number of anilines is 1. The van der Waals surface area contributed by atoms with Crippen LogP contribution < -0.4 is 15.4 Å². The van der Waals surface area contributed by atoms with Crippen LogP contribution in [0.5, 0.6) is 5.75 Å². The van der Waals surface area contributed by atoms with Gasteiger partial charge in [-0.1, -0.05) is 36.4 Å². The number of ether oxygens (including phenoxy) is 1. The lowest BCUT2D eigenvalue weighted by atomic mass is 9.70. The number of pyridine rings is 1. The molecule has 3 fully saturated rings. The number of nitrogens with one attached hydrogen (secondary N) is 2. The third-order valence-electron chi connectivity index (χ3n) is 9.34. The summed E-state index contributed by atoms with van der Waals surface area (Å²) in [6, 6.07) is 23.7. The lowest BCUT2D eigenvalue weighted by Gasteiger charge is -2.58. The van der Waals surface area contributed by atoms with Gasteiger partial charge in [-0.25, -0.2) is 4.79 Å². The molecule has 0 unspecified atom stereocenters. The van der Waals surface area contributed by atoms with Crippen molar-refractivity contribution in [2.45, 2.75) is 31.5 Å². The number of non-ortho nitro benzene ring substituents is 1. The van der Waals surface area contributed by atoms with Crippen molar-refractivity contribution >= 4 is 28.3 Å². The highest BCUT2D eigenvalue weighted by molar-refractivity contribution is 5.91. The molecule has 0 saturated carbocycles. The number of hydrogen-bond acceptors (Lipinski definition) is 5. The second-order valence-electron chi connectivity index (χ2n) is 11.7. The van der Waals surface area contributed by atoms with Crippen LogP contribution in [-0.2, 0) is 6.54 Å². The van der Waals surface area contributed by atoms with Crippen LogP contribution in [0.2, 0.25) is 0 Å². The molecule has 220 valence electrons. The lowest BCUT2D eigenvalue weighted by Crippen LogP contribution is -2.69. The van der Waals surface area contributed by atoms with Crippen LogP contribution in [0.15, 0.2) is 97.7 Å². The van der Waals surface area contributed by atoms with Crippen molar-refractivity contribution in [2.24, 2.45) is 11.8 Å². The molecule has 1 aromatic heterocycles. The maximum atomic E-state index is 13.7. The number of carbonyl (C=O) groups excluding carboxylic acids is 1. The number of amides is 2. The van der Waals surface area contributed by atoms with E-state index < -0.39 is 4.92 Å². The Morgan fingerprint density at radius 1 is 1.16 bits per heavy atom. The van der Waals surface area contributed by atoms with Crippen LogP contribution in [-0.4, -0.2) is 46.7 Å². The predicted octanol–water partition coefficient (Wildman–Crippen LogP) is 6.63. The lowest BCUT2D eigenvalue weighted by molar-refractivity contribution is -0.983. The molecule has 3 aliphatic heterocycles. The molecule has 2 bridgehead atoms. The van der Waals surface area contributed by atoms with Gasteiger partial charge in [-0.15, -0.1) is 6.58 Å². The molecule has 4 heterocycles. The van der Waals surface area contributed by atoms with E-state index in [0.29, 0.717) is 17.5 Å². The molecule has 3 aromatic carbocycles. The molecule has 4 aromatic rings. The number of carbonyl (C=O) groups is 1. The van der Waals surface area contributed by atoms with Gasteiger partial charge >= 0.3 is 6.03 Å². The molecular weight excluding hydrogens is 542 g/mol. The van der Waals surface area contributed by atoms with Gasteiger partial charge in [0, 0.05) is 53.7 Å². The highest BCUT2D eigenvalue weighted by Crippen LogP contribution is 2.48. The number of quaternary nitrogens is 1. The number of urea groups is 1. The highest BCUT2D eigenvalue weighted by atomic mass is 16.6. The van der Waals surface area contributed by atoms with Crippen LogP contribution >= 0.6 is 0 Å². The van der Waals surface area contributed by atoms with Crippen molar-refractivity contribution in [1.82, 2.24) is 10.3 Å². The van der Waals surface area contributed by atoms with Crippen LogP contribution in [0.3, 0.4) is 0 Å². The van der Waals surface area contributed by atoms with E-state index in [1.807, 2.05) is 30.3 Å². The summed E-state index contributed by atoms with van der Waals surface area (Å²) in [5.41, 5.74) is 3.53. The molecule has 2 N–H and O–H groups in total.